The highest BCUT2D eigenvalue weighted by atomic mass is 32.1. The predicted octanol–water partition coefficient (Wildman–Crippen LogP) is 4.87. The normalized spacial score (nSPS) is 22.4. The van der Waals surface area contributed by atoms with Gasteiger partial charge in [-0.25, -0.2) is 4.98 Å². The Kier molecular flexibility index (Phi) is 7.48. The number of carbonyl (C=O) groups is 2. The van der Waals surface area contributed by atoms with Gasteiger partial charge in [0.2, 0.25) is 0 Å². The van der Waals surface area contributed by atoms with Gasteiger partial charge in [-0.15, -0.1) is 0 Å². The number of aromatic nitrogens is 2. The Labute approximate surface area is 215 Å². The van der Waals surface area contributed by atoms with Gasteiger partial charge in [0.15, 0.2) is 5.13 Å². The Balaban J connectivity index is 1.16. The number of nitrogens with zero attached hydrogens (tertiary/aromatic N) is 3. The summed E-state index contributed by atoms with van der Waals surface area (Å²) in [5.41, 5.74) is 1.24. The van der Waals surface area contributed by atoms with Crippen LogP contribution in [0.15, 0.2) is 36.5 Å². The fourth-order valence-corrected chi connectivity index (χ4v) is 6.29. The van der Waals surface area contributed by atoms with Crippen LogP contribution < -0.4 is 15.4 Å². The molecule has 3 heterocycles. The van der Waals surface area contributed by atoms with Crippen molar-refractivity contribution in [2.75, 3.05) is 26.0 Å². The van der Waals surface area contributed by atoms with Crippen LogP contribution in [0.4, 0.5) is 5.13 Å². The number of Topliss-reactive ketones (excluding diaryl/α,β-unsaturated/α-hetero) is 1. The Morgan fingerprint density at radius 1 is 1.11 bits per heavy atom. The molecule has 9 heteroatoms. The predicted molar refractivity (Wildman–Crippen MR) is 142 cm³/mol. The molecule has 3 aromatic rings. The van der Waals surface area contributed by atoms with E-state index in [4.69, 9.17) is 9.72 Å². The number of thiazole rings is 1. The molecule has 1 aromatic carbocycles. The number of ketones is 1. The number of carbonyl (C=O) groups excluding carboxylic acids is 2. The van der Waals surface area contributed by atoms with Gasteiger partial charge in [-0.3, -0.25) is 19.5 Å². The minimum atomic E-state index is -0.254. The summed E-state index contributed by atoms with van der Waals surface area (Å²) in [5, 5.41) is 7.11. The first-order valence-corrected chi connectivity index (χ1v) is 13.6. The van der Waals surface area contributed by atoms with E-state index in [2.05, 4.69) is 27.6 Å². The molecule has 1 saturated heterocycles. The number of fused-ring (bicyclic) bond motifs is 1. The number of hydrogen-bond acceptors (Lipinski definition) is 8. The molecule has 2 fully saturated rings. The number of ether oxygens (including phenoxy) is 1. The van der Waals surface area contributed by atoms with Crippen LogP contribution in [0.5, 0.6) is 11.5 Å². The third-order valence-corrected chi connectivity index (χ3v) is 8.29. The third kappa shape index (κ3) is 5.68. The first-order valence-electron chi connectivity index (χ1n) is 12.7. The molecule has 190 valence electrons. The van der Waals surface area contributed by atoms with Crippen molar-refractivity contribution in [3.05, 3.63) is 42.2 Å². The summed E-state index contributed by atoms with van der Waals surface area (Å²) < 4.78 is 7.01. The molecule has 0 spiro atoms. The molecule has 36 heavy (non-hydrogen) atoms. The van der Waals surface area contributed by atoms with E-state index in [1.54, 1.807) is 36.7 Å². The van der Waals surface area contributed by atoms with Gasteiger partial charge in [-0.2, -0.15) is 0 Å². The number of nitrogens with one attached hydrogen (secondary N) is 2. The average molecular weight is 508 g/mol. The maximum atomic E-state index is 12.7. The lowest BCUT2D eigenvalue weighted by atomic mass is 9.82. The molecule has 1 saturated carbocycles. The van der Waals surface area contributed by atoms with Crippen LogP contribution in [0, 0.1) is 5.92 Å². The molecule has 1 aliphatic carbocycles. The van der Waals surface area contributed by atoms with Gasteiger partial charge >= 0.3 is 0 Å². The van der Waals surface area contributed by atoms with Crippen molar-refractivity contribution in [1.29, 1.82) is 0 Å². The average Bonchev–Trinajstić information content (AvgIpc) is 3.50. The SMILES string of the molecule is CNC(=O)c1cc(Oc2ccc3nc(NC4CCC(CC(=O)[C@@H]5CCCN5C)CC4)sc3c2)ccn1. The van der Waals surface area contributed by atoms with Crippen LogP contribution in [-0.2, 0) is 4.79 Å². The lowest BCUT2D eigenvalue weighted by Gasteiger charge is -2.29. The van der Waals surface area contributed by atoms with E-state index < -0.39 is 0 Å². The second-order valence-corrected chi connectivity index (χ2v) is 10.9. The summed E-state index contributed by atoms with van der Waals surface area (Å²) in [6.45, 7) is 1.05. The number of pyridine rings is 1. The maximum Gasteiger partial charge on any atom is 0.269 e. The number of likely N-dealkylation sites (tertiary alicyclic amines) is 1. The number of rotatable bonds is 8. The van der Waals surface area contributed by atoms with Crippen LogP contribution in [0.3, 0.4) is 0 Å². The molecule has 0 unspecified atom stereocenters. The van der Waals surface area contributed by atoms with Gasteiger partial charge in [0, 0.05) is 37.8 Å². The third-order valence-electron chi connectivity index (χ3n) is 7.34. The quantitative estimate of drug-likeness (QED) is 0.449. The minimum absolute atomic E-state index is 0.147. The van der Waals surface area contributed by atoms with Gasteiger partial charge < -0.3 is 15.4 Å². The number of hydrogen-bond donors (Lipinski definition) is 2. The van der Waals surface area contributed by atoms with Crippen LogP contribution in [-0.4, -0.2) is 59.3 Å². The summed E-state index contributed by atoms with van der Waals surface area (Å²) in [4.78, 5) is 35.6. The topological polar surface area (TPSA) is 96.4 Å². The fourth-order valence-electron chi connectivity index (χ4n) is 5.32. The molecule has 2 aliphatic rings. The van der Waals surface area contributed by atoms with Gasteiger partial charge in [-0.1, -0.05) is 11.3 Å². The Hall–Kier alpha value is -3.04. The van der Waals surface area contributed by atoms with Crippen molar-refractivity contribution in [2.45, 2.75) is 57.0 Å². The second kappa shape index (κ2) is 10.9. The maximum absolute atomic E-state index is 12.7. The van der Waals surface area contributed by atoms with E-state index >= 15 is 0 Å². The highest BCUT2D eigenvalue weighted by molar-refractivity contribution is 7.22. The highest BCUT2D eigenvalue weighted by Gasteiger charge is 2.31. The second-order valence-electron chi connectivity index (χ2n) is 9.88. The first-order chi connectivity index (χ1) is 17.5. The Bertz CT molecular complexity index is 1240. The van der Waals surface area contributed by atoms with Crippen LogP contribution in [0.1, 0.15) is 55.4 Å². The number of benzene rings is 1. The Morgan fingerprint density at radius 2 is 1.92 bits per heavy atom. The van der Waals surface area contributed by atoms with Crippen molar-refractivity contribution in [3.8, 4) is 11.5 Å². The largest absolute Gasteiger partial charge is 0.457 e. The lowest BCUT2D eigenvalue weighted by molar-refractivity contribution is -0.124. The number of likely N-dealkylation sites (N-methyl/N-ethyl adjacent to an activating group) is 1. The molecule has 8 nitrogen and oxygen atoms in total. The fraction of sp³-hybridized carbons (Fsp3) is 0.481. The van der Waals surface area contributed by atoms with E-state index in [1.807, 2.05) is 18.2 Å². The van der Waals surface area contributed by atoms with Crippen LogP contribution in [0.2, 0.25) is 0 Å². The molecular formula is C27H33N5O3S. The summed E-state index contributed by atoms with van der Waals surface area (Å²) in [6.07, 6.45) is 8.77. The van der Waals surface area contributed by atoms with Crippen molar-refractivity contribution >= 4 is 38.4 Å². The zero-order valence-electron chi connectivity index (χ0n) is 20.8. The molecule has 0 bridgehead atoms. The van der Waals surface area contributed by atoms with Gasteiger partial charge in [-0.05, 0) is 76.2 Å². The molecule has 1 atom stereocenters. The van der Waals surface area contributed by atoms with Crippen molar-refractivity contribution < 1.29 is 14.3 Å². The zero-order chi connectivity index (χ0) is 25.1. The summed E-state index contributed by atoms with van der Waals surface area (Å²) in [7, 11) is 3.65. The van der Waals surface area contributed by atoms with Gasteiger partial charge in [0.25, 0.3) is 5.91 Å². The Morgan fingerprint density at radius 3 is 2.67 bits per heavy atom. The smallest absolute Gasteiger partial charge is 0.269 e. The summed E-state index contributed by atoms with van der Waals surface area (Å²) in [5.74, 6) is 1.94. The van der Waals surface area contributed by atoms with E-state index in [0.29, 0.717) is 34.9 Å². The summed E-state index contributed by atoms with van der Waals surface area (Å²) >= 11 is 1.62. The van der Waals surface area contributed by atoms with E-state index in [1.165, 1.54) is 0 Å². The monoisotopic (exact) mass is 507 g/mol. The number of anilines is 1. The van der Waals surface area contributed by atoms with Crippen molar-refractivity contribution in [2.24, 2.45) is 5.92 Å². The number of amides is 1. The van der Waals surface area contributed by atoms with Crippen molar-refractivity contribution in [3.63, 3.8) is 0 Å². The molecule has 2 N–H and O–H groups in total. The van der Waals surface area contributed by atoms with Crippen LogP contribution in [0.25, 0.3) is 10.2 Å². The lowest BCUT2D eigenvalue weighted by Crippen LogP contribution is -2.35. The molecule has 0 radical (unpaired) electrons. The molecule has 1 amide bonds. The minimum Gasteiger partial charge on any atom is -0.457 e. The van der Waals surface area contributed by atoms with Gasteiger partial charge in [0.05, 0.1) is 16.3 Å². The zero-order valence-corrected chi connectivity index (χ0v) is 21.6. The van der Waals surface area contributed by atoms with E-state index in [-0.39, 0.29) is 11.9 Å². The standard InChI is InChI=1S/C27H33N5O3S/c1-28-26(34)22-15-20(11-12-29-22)35-19-9-10-21-25(16-19)36-27(31-21)30-18-7-5-17(6-8-18)14-24(33)23-4-3-13-32(23)2/h9-12,15-18,23H,3-8,13-14H2,1-2H3,(H,28,34)(H,30,31)/t17?,18?,23-/m0/s1. The van der Waals surface area contributed by atoms with Crippen molar-refractivity contribution in [1.82, 2.24) is 20.2 Å². The van der Waals surface area contributed by atoms with E-state index in [0.717, 1.165) is 66.8 Å². The van der Waals surface area contributed by atoms with Gasteiger partial charge in [0.1, 0.15) is 23.0 Å². The molecule has 1 aliphatic heterocycles. The molecular weight excluding hydrogens is 474 g/mol. The van der Waals surface area contributed by atoms with E-state index in [9.17, 15) is 9.59 Å². The van der Waals surface area contributed by atoms with Crippen LogP contribution >= 0.6 is 11.3 Å². The molecule has 2 aromatic heterocycles. The molecule has 5 rings (SSSR count). The highest BCUT2D eigenvalue weighted by Crippen LogP contribution is 2.34. The first kappa shape index (κ1) is 24.6. The summed E-state index contributed by atoms with van der Waals surface area (Å²) in [6, 6.07) is 9.70.